The van der Waals surface area contributed by atoms with Crippen LogP contribution < -0.4 is 0 Å². The normalized spacial score (nSPS) is 20.5. The smallest absolute Gasteiger partial charge is 0.193 e. The van der Waals surface area contributed by atoms with Crippen molar-refractivity contribution >= 4 is 18.4 Å². The van der Waals surface area contributed by atoms with Gasteiger partial charge in [0.05, 0.1) is 6.10 Å². The van der Waals surface area contributed by atoms with Crippen LogP contribution in [0.3, 0.4) is 0 Å². The molecule has 0 aliphatic rings. The van der Waals surface area contributed by atoms with Crippen molar-refractivity contribution in [1.82, 2.24) is 0 Å². The number of aliphatic hydroxyl groups is 3. The van der Waals surface area contributed by atoms with Crippen LogP contribution >= 0.6 is 12.6 Å². The van der Waals surface area contributed by atoms with Crippen molar-refractivity contribution in [2.45, 2.75) is 43.8 Å². The first-order valence-corrected chi connectivity index (χ1v) is 4.69. The number of carbonyl (C=O) groups excluding carboxylic acids is 1. The molecule has 0 aromatic heterocycles. The average molecular weight is 208 g/mol. The molecule has 1 unspecified atom stereocenters. The highest BCUT2D eigenvalue weighted by Gasteiger charge is 2.30. The van der Waals surface area contributed by atoms with Gasteiger partial charge in [0.15, 0.2) is 5.78 Å². The zero-order valence-corrected chi connectivity index (χ0v) is 8.61. The molecule has 78 valence electrons. The number of hydrogen-bond donors (Lipinski definition) is 4. The SMILES string of the molecule is CCC(S)[C@@H](O)C(=O)[C@H](O)[C@H](C)O. The van der Waals surface area contributed by atoms with Crippen LogP contribution in [0.4, 0.5) is 0 Å². The molecular formula is C8H16O4S. The zero-order valence-electron chi connectivity index (χ0n) is 7.71. The van der Waals surface area contributed by atoms with E-state index < -0.39 is 29.3 Å². The van der Waals surface area contributed by atoms with Crippen LogP contribution in [-0.2, 0) is 4.79 Å². The van der Waals surface area contributed by atoms with Crippen molar-refractivity contribution in [3.63, 3.8) is 0 Å². The summed E-state index contributed by atoms with van der Waals surface area (Å²) in [7, 11) is 0. The van der Waals surface area contributed by atoms with Gasteiger partial charge in [-0.25, -0.2) is 0 Å². The Hall–Kier alpha value is -0.100. The number of ketones is 1. The van der Waals surface area contributed by atoms with E-state index in [4.69, 9.17) is 10.2 Å². The molecule has 0 aromatic carbocycles. The number of thiol groups is 1. The van der Waals surface area contributed by atoms with Gasteiger partial charge in [-0.15, -0.1) is 0 Å². The molecule has 3 N–H and O–H groups in total. The molecular weight excluding hydrogens is 192 g/mol. The number of carbonyl (C=O) groups is 1. The van der Waals surface area contributed by atoms with Crippen molar-refractivity contribution in [3.05, 3.63) is 0 Å². The number of aliphatic hydroxyl groups excluding tert-OH is 3. The van der Waals surface area contributed by atoms with Gasteiger partial charge in [-0.1, -0.05) is 6.92 Å². The predicted molar refractivity (Wildman–Crippen MR) is 51.8 cm³/mol. The largest absolute Gasteiger partial charge is 0.390 e. The van der Waals surface area contributed by atoms with E-state index in [0.717, 1.165) is 0 Å². The molecule has 0 aliphatic heterocycles. The lowest BCUT2D eigenvalue weighted by molar-refractivity contribution is -0.140. The molecule has 0 amide bonds. The van der Waals surface area contributed by atoms with Crippen LogP contribution in [0.5, 0.6) is 0 Å². The summed E-state index contributed by atoms with van der Waals surface area (Å²) in [4.78, 5) is 11.2. The van der Waals surface area contributed by atoms with Gasteiger partial charge >= 0.3 is 0 Å². The average Bonchev–Trinajstić information content (AvgIpc) is 2.12. The third-order valence-electron chi connectivity index (χ3n) is 1.82. The van der Waals surface area contributed by atoms with Crippen molar-refractivity contribution in [2.24, 2.45) is 0 Å². The van der Waals surface area contributed by atoms with Gasteiger partial charge in [0.2, 0.25) is 0 Å². The summed E-state index contributed by atoms with van der Waals surface area (Å²) >= 11 is 3.96. The Morgan fingerprint density at radius 1 is 1.31 bits per heavy atom. The number of Topliss-reactive ketones (excluding diaryl/α,β-unsaturated/α-hetero) is 1. The first-order chi connectivity index (χ1) is 5.91. The minimum Gasteiger partial charge on any atom is -0.390 e. The molecule has 0 fully saturated rings. The summed E-state index contributed by atoms with van der Waals surface area (Å²) in [5, 5.41) is 26.8. The lowest BCUT2D eigenvalue weighted by atomic mass is 10.0. The topological polar surface area (TPSA) is 77.8 Å². The fourth-order valence-corrected chi connectivity index (χ4v) is 0.972. The summed E-state index contributed by atoms with van der Waals surface area (Å²) in [6.07, 6.45) is -3.50. The lowest BCUT2D eigenvalue weighted by Crippen LogP contribution is -2.42. The van der Waals surface area contributed by atoms with Crippen LogP contribution in [0.15, 0.2) is 0 Å². The molecule has 13 heavy (non-hydrogen) atoms. The molecule has 0 aromatic rings. The van der Waals surface area contributed by atoms with E-state index in [1.165, 1.54) is 6.92 Å². The summed E-state index contributed by atoms with van der Waals surface area (Å²) in [6, 6.07) is 0. The van der Waals surface area contributed by atoms with Gasteiger partial charge in [0.25, 0.3) is 0 Å². The van der Waals surface area contributed by atoms with Crippen molar-refractivity contribution in [2.75, 3.05) is 0 Å². The minimum absolute atomic E-state index is 0.499. The van der Waals surface area contributed by atoms with Crippen LogP contribution in [0.25, 0.3) is 0 Å². The minimum atomic E-state index is -1.53. The quantitative estimate of drug-likeness (QED) is 0.454. The number of hydrogen-bond acceptors (Lipinski definition) is 5. The Morgan fingerprint density at radius 2 is 1.77 bits per heavy atom. The monoisotopic (exact) mass is 208 g/mol. The maximum atomic E-state index is 11.2. The molecule has 0 bridgehead atoms. The third kappa shape index (κ3) is 3.64. The van der Waals surface area contributed by atoms with Crippen molar-refractivity contribution in [1.29, 1.82) is 0 Å². The van der Waals surface area contributed by atoms with E-state index in [0.29, 0.717) is 6.42 Å². The Morgan fingerprint density at radius 3 is 2.08 bits per heavy atom. The molecule has 0 radical (unpaired) electrons. The molecule has 0 aliphatic carbocycles. The standard InChI is InChI=1S/C8H16O4S/c1-3-5(13)7(11)8(12)6(10)4(2)9/h4-7,9-11,13H,3H2,1-2H3/t4-,5?,6+,7+/m0/s1. The van der Waals surface area contributed by atoms with E-state index in [1.54, 1.807) is 6.92 Å². The van der Waals surface area contributed by atoms with Gasteiger partial charge in [-0.2, -0.15) is 12.6 Å². The second kappa shape index (κ2) is 5.59. The van der Waals surface area contributed by atoms with E-state index in [1.807, 2.05) is 0 Å². The third-order valence-corrected chi connectivity index (χ3v) is 2.47. The summed E-state index contributed by atoms with van der Waals surface area (Å²) in [5.41, 5.74) is 0. The summed E-state index contributed by atoms with van der Waals surface area (Å²) in [6.45, 7) is 3.05. The zero-order chi connectivity index (χ0) is 10.6. The fraction of sp³-hybridized carbons (Fsp3) is 0.875. The highest BCUT2D eigenvalue weighted by Crippen LogP contribution is 2.10. The molecule has 0 saturated heterocycles. The Labute approximate surface area is 83.0 Å². The molecule has 4 nitrogen and oxygen atoms in total. The van der Waals surface area contributed by atoms with E-state index in [2.05, 4.69) is 12.6 Å². The second-order valence-electron chi connectivity index (χ2n) is 3.01. The van der Waals surface area contributed by atoms with E-state index in [-0.39, 0.29) is 0 Å². The van der Waals surface area contributed by atoms with E-state index in [9.17, 15) is 9.90 Å². The molecule has 0 rings (SSSR count). The second-order valence-corrected chi connectivity index (χ2v) is 3.67. The van der Waals surface area contributed by atoms with Gasteiger partial charge in [-0.05, 0) is 13.3 Å². The van der Waals surface area contributed by atoms with Gasteiger partial charge < -0.3 is 15.3 Å². The molecule has 5 heteroatoms. The van der Waals surface area contributed by atoms with Gasteiger partial charge in [0.1, 0.15) is 12.2 Å². The van der Waals surface area contributed by atoms with Crippen LogP contribution in [0.2, 0.25) is 0 Å². The maximum Gasteiger partial charge on any atom is 0.193 e. The summed E-state index contributed by atoms with van der Waals surface area (Å²) in [5.74, 6) is -0.781. The first kappa shape index (κ1) is 12.9. The Kier molecular flexibility index (Phi) is 5.55. The van der Waals surface area contributed by atoms with Crippen LogP contribution in [0.1, 0.15) is 20.3 Å². The van der Waals surface area contributed by atoms with Gasteiger partial charge in [-0.3, -0.25) is 4.79 Å². The van der Waals surface area contributed by atoms with Crippen LogP contribution in [-0.4, -0.2) is 44.7 Å². The maximum absolute atomic E-state index is 11.2. The molecule has 0 heterocycles. The van der Waals surface area contributed by atoms with Gasteiger partial charge in [0, 0.05) is 5.25 Å². The number of rotatable bonds is 5. The van der Waals surface area contributed by atoms with Crippen molar-refractivity contribution < 1.29 is 20.1 Å². The fourth-order valence-electron chi connectivity index (χ4n) is 0.826. The predicted octanol–water partition coefficient (Wildman–Crippen LogP) is -0.634. The molecule has 0 spiro atoms. The lowest BCUT2D eigenvalue weighted by Gasteiger charge is -2.19. The highest BCUT2D eigenvalue weighted by atomic mass is 32.1. The Bertz CT molecular complexity index is 172. The molecule has 0 saturated carbocycles. The van der Waals surface area contributed by atoms with Crippen molar-refractivity contribution in [3.8, 4) is 0 Å². The Balaban J connectivity index is 4.25. The van der Waals surface area contributed by atoms with Crippen LogP contribution in [0, 0.1) is 0 Å². The summed E-state index contributed by atoms with van der Waals surface area (Å²) < 4.78 is 0. The highest BCUT2D eigenvalue weighted by molar-refractivity contribution is 7.81. The molecule has 4 atom stereocenters. The first-order valence-electron chi connectivity index (χ1n) is 4.17. The van der Waals surface area contributed by atoms with E-state index >= 15 is 0 Å².